The molecule has 0 aliphatic rings. The van der Waals surface area contributed by atoms with E-state index in [1.807, 2.05) is 19.1 Å². The lowest BCUT2D eigenvalue weighted by Crippen LogP contribution is -2.32. The van der Waals surface area contributed by atoms with Gasteiger partial charge < -0.3 is 11.1 Å². The van der Waals surface area contributed by atoms with E-state index in [9.17, 15) is 4.79 Å². The Labute approximate surface area is 104 Å². The van der Waals surface area contributed by atoms with Gasteiger partial charge in [0.2, 0.25) is 5.91 Å². The van der Waals surface area contributed by atoms with Crippen molar-refractivity contribution in [2.45, 2.75) is 19.9 Å². The highest BCUT2D eigenvalue weighted by Crippen LogP contribution is 2.18. The Kier molecular flexibility index (Phi) is 3.33. The molecular weight excluding hydrogens is 232 g/mol. The number of benzene rings is 1. The molecular formula is C11H14N6O. The zero-order chi connectivity index (χ0) is 13.1. The molecule has 1 aromatic heterocycles. The number of rotatable bonds is 3. The molecule has 1 atom stereocenters. The SMILES string of the molecule is Cc1ccc(NC(=O)[C@H](C)N)cc1-n1cnnn1. The van der Waals surface area contributed by atoms with E-state index in [1.54, 1.807) is 13.0 Å². The fraction of sp³-hybridized carbons (Fsp3) is 0.273. The molecule has 0 saturated heterocycles. The number of hydrogen-bond acceptors (Lipinski definition) is 5. The highest BCUT2D eigenvalue weighted by molar-refractivity contribution is 5.94. The second kappa shape index (κ2) is 4.92. The summed E-state index contributed by atoms with van der Waals surface area (Å²) in [6, 6.07) is 4.94. The molecule has 7 nitrogen and oxygen atoms in total. The Balaban J connectivity index is 2.30. The van der Waals surface area contributed by atoms with Crippen LogP contribution in [0, 0.1) is 6.92 Å². The Bertz CT molecular complexity index is 549. The monoisotopic (exact) mass is 246 g/mol. The molecule has 2 aromatic rings. The topological polar surface area (TPSA) is 98.7 Å². The quantitative estimate of drug-likeness (QED) is 0.809. The van der Waals surface area contributed by atoms with Crippen LogP contribution in [0.3, 0.4) is 0 Å². The Morgan fingerprint density at radius 2 is 2.28 bits per heavy atom. The number of hydrogen-bond donors (Lipinski definition) is 2. The Hall–Kier alpha value is -2.28. The van der Waals surface area contributed by atoms with Crippen molar-refractivity contribution < 1.29 is 4.79 Å². The van der Waals surface area contributed by atoms with Gasteiger partial charge in [0.1, 0.15) is 6.33 Å². The van der Waals surface area contributed by atoms with Gasteiger partial charge in [0.05, 0.1) is 11.7 Å². The maximum absolute atomic E-state index is 11.5. The first-order valence-corrected chi connectivity index (χ1v) is 5.48. The molecule has 1 aromatic carbocycles. The third kappa shape index (κ3) is 2.51. The maximum Gasteiger partial charge on any atom is 0.240 e. The minimum Gasteiger partial charge on any atom is -0.325 e. The number of carbonyl (C=O) groups excluding carboxylic acids is 1. The smallest absolute Gasteiger partial charge is 0.240 e. The fourth-order valence-electron chi connectivity index (χ4n) is 1.46. The zero-order valence-corrected chi connectivity index (χ0v) is 10.2. The number of anilines is 1. The van der Waals surface area contributed by atoms with Crippen molar-refractivity contribution in [2.75, 3.05) is 5.32 Å². The first kappa shape index (κ1) is 12.2. The van der Waals surface area contributed by atoms with E-state index < -0.39 is 6.04 Å². The van der Waals surface area contributed by atoms with Crippen LogP contribution in [0.25, 0.3) is 5.69 Å². The third-order valence-corrected chi connectivity index (χ3v) is 2.49. The number of nitrogens with two attached hydrogens (primary N) is 1. The molecule has 18 heavy (non-hydrogen) atoms. The first-order chi connectivity index (χ1) is 8.58. The molecule has 0 bridgehead atoms. The van der Waals surface area contributed by atoms with Crippen molar-refractivity contribution in [1.82, 2.24) is 20.2 Å². The van der Waals surface area contributed by atoms with Gasteiger partial charge in [0, 0.05) is 5.69 Å². The van der Waals surface area contributed by atoms with Crippen molar-refractivity contribution in [1.29, 1.82) is 0 Å². The predicted octanol–water partition coefficient (Wildman–Crippen LogP) is 0.256. The van der Waals surface area contributed by atoms with Gasteiger partial charge in [-0.25, -0.2) is 4.68 Å². The first-order valence-electron chi connectivity index (χ1n) is 5.48. The van der Waals surface area contributed by atoms with Crippen LogP contribution in [0.4, 0.5) is 5.69 Å². The molecule has 3 N–H and O–H groups in total. The average Bonchev–Trinajstić information content (AvgIpc) is 2.85. The molecule has 0 fully saturated rings. The summed E-state index contributed by atoms with van der Waals surface area (Å²) in [5.41, 5.74) is 7.97. The number of aromatic nitrogens is 4. The van der Waals surface area contributed by atoms with Gasteiger partial charge in [-0.15, -0.1) is 5.10 Å². The van der Waals surface area contributed by atoms with Crippen LogP contribution < -0.4 is 11.1 Å². The van der Waals surface area contributed by atoms with Gasteiger partial charge in [0.25, 0.3) is 0 Å². The average molecular weight is 246 g/mol. The summed E-state index contributed by atoms with van der Waals surface area (Å²) in [5.74, 6) is -0.235. The van der Waals surface area contributed by atoms with Crippen LogP contribution in [-0.2, 0) is 4.79 Å². The van der Waals surface area contributed by atoms with Crippen LogP contribution in [0.5, 0.6) is 0 Å². The van der Waals surface area contributed by atoms with Crippen molar-refractivity contribution in [3.8, 4) is 5.69 Å². The summed E-state index contributed by atoms with van der Waals surface area (Å²) in [4.78, 5) is 11.5. The number of tetrazole rings is 1. The van der Waals surface area contributed by atoms with Gasteiger partial charge in [-0.05, 0) is 42.0 Å². The molecule has 94 valence electrons. The maximum atomic E-state index is 11.5. The molecule has 0 saturated carbocycles. The van der Waals surface area contributed by atoms with Crippen LogP contribution in [0.2, 0.25) is 0 Å². The molecule has 1 heterocycles. The second-order valence-corrected chi connectivity index (χ2v) is 4.03. The normalized spacial score (nSPS) is 12.2. The van der Waals surface area contributed by atoms with Gasteiger partial charge in [0.15, 0.2) is 0 Å². The summed E-state index contributed by atoms with van der Waals surface area (Å²) in [6.45, 7) is 3.57. The zero-order valence-electron chi connectivity index (χ0n) is 10.2. The van der Waals surface area contributed by atoms with Gasteiger partial charge in [-0.1, -0.05) is 6.07 Å². The van der Waals surface area contributed by atoms with Gasteiger partial charge in [-0.2, -0.15) is 0 Å². The molecule has 0 radical (unpaired) electrons. The van der Waals surface area contributed by atoms with E-state index in [1.165, 1.54) is 11.0 Å². The molecule has 7 heteroatoms. The highest BCUT2D eigenvalue weighted by atomic mass is 16.2. The standard InChI is InChI=1S/C11H14N6O/c1-7-3-4-9(14-11(18)8(2)12)5-10(7)17-6-13-15-16-17/h3-6,8H,12H2,1-2H3,(H,14,18)/t8-/m0/s1. The number of nitrogens with zero attached hydrogens (tertiary/aromatic N) is 4. The lowest BCUT2D eigenvalue weighted by atomic mass is 10.1. The minimum atomic E-state index is -0.553. The summed E-state index contributed by atoms with van der Waals surface area (Å²) in [7, 11) is 0. The summed E-state index contributed by atoms with van der Waals surface area (Å²) in [5, 5.41) is 13.7. The number of carbonyl (C=O) groups is 1. The molecule has 0 spiro atoms. The summed E-state index contributed by atoms with van der Waals surface area (Å²) < 4.78 is 1.54. The molecule has 0 aliphatic carbocycles. The van der Waals surface area contributed by atoms with Crippen LogP contribution in [-0.4, -0.2) is 32.2 Å². The number of nitrogens with one attached hydrogen (secondary N) is 1. The predicted molar refractivity (Wildman–Crippen MR) is 66.2 cm³/mol. The van der Waals surface area contributed by atoms with Crippen molar-refractivity contribution in [3.63, 3.8) is 0 Å². The van der Waals surface area contributed by atoms with Gasteiger partial charge in [-0.3, -0.25) is 4.79 Å². The number of amides is 1. The molecule has 0 aliphatic heterocycles. The van der Waals surface area contributed by atoms with Gasteiger partial charge >= 0.3 is 0 Å². The summed E-state index contributed by atoms with van der Waals surface area (Å²) in [6.07, 6.45) is 1.50. The van der Waals surface area contributed by atoms with E-state index in [4.69, 9.17) is 5.73 Å². The second-order valence-electron chi connectivity index (χ2n) is 4.03. The molecule has 1 amide bonds. The summed E-state index contributed by atoms with van der Waals surface area (Å²) >= 11 is 0. The molecule has 0 unspecified atom stereocenters. The minimum absolute atomic E-state index is 0.235. The lowest BCUT2D eigenvalue weighted by Gasteiger charge is -2.10. The molecule has 2 rings (SSSR count). The Morgan fingerprint density at radius 1 is 1.50 bits per heavy atom. The van der Waals surface area contributed by atoms with E-state index in [2.05, 4.69) is 20.8 Å². The Morgan fingerprint density at radius 3 is 2.89 bits per heavy atom. The highest BCUT2D eigenvalue weighted by Gasteiger charge is 2.09. The van der Waals surface area contributed by atoms with Crippen LogP contribution >= 0.6 is 0 Å². The van der Waals surface area contributed by atoms with E-state index in [-0.39, 0.29) is 5.91 Å². The number of aryl methyl sites for hydroxylation is 1. The van der Waals surface area contributed by atoms with Crippen molar-refractivity contribution in [3.05, 3.63) is 30.1 Å². The van der Waals surface area contributed by atoms with E-state index in [0.29, 0.717) is 5.69 Å². The van der Waals surface area contributed by atoms with Crippen LogP contribution in [0.1, 0.15) is 12.5 Å². The van der Waals surface area contributed by atoms with E-state index >= 15 is 0 Å². The lowest BCUT2D eigenvalue weighted by molar-refractivity contribution is -0.117. The fourth-order valence-corrected chi connectivity index (χ4v) is 1.46. The van der Waals surface area contributed by atoms with Crippen molar-refractivity contribution in [2.24, 2.45) is 5.73 Å². The van der Waals surface area contributed by atoms with Crippen molar-refractivity contribution >= 4 is 11.6 Å². The van der Waals surface area contributed by atoms with Crippen LogP contribution in [0.15, 0.2) is 24.5 Å². The largest absolute Gasteiger partial charge is 0.325 e. The van der Waals surface area contributed by atoms with E-state index in [0.717, 1.165) is 11.3 Å². The third-order valence-electron chi connectivity index (χ3n) is 2.49.